The molecular formula is C22H33ClN2. The molecule has 1 aromatic carbocycles. The van der Waals surface area contributed by atoms with Gasteiger partial charge in [-0.15, -0.1) is 0 Å². The number of halogens is 1. The highest BCUT2D eigenvalue weighted by atomic mass is 35.5. The van der Waals surface area contributed by atoms with Gasteiger partial charge in [-0.3, -0.25) is 0 Å². The lowest BCUT2D eigenvalue weighted by molar-refractivity contribution is 0.446. The first kappa shape index (κ1) is 20.2. The van der Waals surface area contributed by atoms with E-state index in [-0.39, 0.29) is 10.8 Å². The van der Waals surface area contributed by atoms with Crippen molar-refractivity contribution in [3.05, 3.63) is 34.6 Å². The van der Waals surface area contributed by atoms with E-state index in [0.29, 0.717) is 5.15 Å². The summed E-state index contributed by atoms with van der Waals surface area (Å²) < 4.78 is 0. The van der Waals surface area contributed by atoms with Crippen molar-refractivity contribution in [1.29, 1.82) is 0 Å². The van der Waals surface area contributed by atoms with Crippen molar-refractivity contribution in [3.63, 3.8) is 0 Å². The normalized spacial score (nSPS) is 12.8. The molecule has 0 atom stereocenters. The minimum atomic E-state index is -0.0600. The van der Waals surface area contributed by atoms with Crippen LogP contribution < -0.4 is 0 Å². The van der Waals surface area contributed by atoms with E-state index in [2.05, 4.69) is 64.7 Å². The molecule has 0 unspecified atom stereocenters. The summed E-state index contributed by atoms with van der Waals surface area (Å²) in [6.07, 6.45) is 7.37. The van der Waals surface area contributed by atoms with Crippen molar-refractivity contribution in [2.24, 2.45) is 0 Å². The summed E-state index contributed by atoms with van der Waals surface area (Å²) in [5.74, 6) is 0. The van der Waals surface area contributed by atoms with E-state index in [1.807, 2.05) is 0 Å². The number of aromatic nitrogens is 2. The molecule has 0 fully saturated rings. The minimum Gasteiger partial charge on any atom is -0.247 e. The molecular weight excluding hydrogens is 328 g/mol. The van der Waals surface area contributed by atoms with Crippen LogP contribution in [-0.4, -0.2) is 9.97 Å². The molecule has 0 saturated carbocycles. The Morgan fingerprint density at radius 1 is 0.880 bits per heavy atom. The second kappa shape index (κ2) is 8.03. The van der Waals surface area contributed by atoms with Crippen LogP contribution in [0.3, 0.4) is 0 Å². The van der Waals surface area contributed by atoms with Gasteiger partial charge in [-0.05, 0) is 36.0 Å². The maximum absolute atomic E-state index is 6.48. The van der Waals surface area contributed by atoms with E-state index in [9.17, 15) is 0 Å². The van der Waals surface area contributed by atoms with Crippen LogP contribution in [0.4, 0.5) is 0 Å². The van der Waals surface area contributed by atoms with Gasteiger partial charge in [-0.25, -0.2) is 9.97 Å². The Hall–Kier alpha value is -1.15. The Morgan fingerprint density at radius 3 is 2.24 bits per heavy atom. The first-order valence-electron chi connectivity index (χ1n) is 9.69. The van der Waals surface area contributed by atoms with Crippen LogP contribution in [0.5, 0.6) is 0 Å². The van der Waals surface area contributed by atoms with Gasteiger partial charge in [0.1, 0.15) is 0 Å². The van der Waals surface area contributed by atoms with Crippen LogP contribution in [0, 0.1) is 0 Å². The zero-order valence-corrected chi connectivity index (χ0v) is 17.5. The maximum Gasteiger partial charge on any atom is 0.151 e. The van der Waals surface area contributed by atoms with Gasteiger partial charge < -0.3 is 0 Å². The van der Waals surface area contributed by atoms with Crippen LogP contribution in [0.1, 0.15) is 91.3 Å². The molecule has 2 aromatic rings. The Labute approximate surface area is 158 Å². The number of unbranched alkanes of at least 4 members (excludes halogenated alkanes) is 3. The molecule has 0 aliphatic carbocycles. The highest BCUT2D eigenvalue weighted by molar-refractivity contribution is 6.30. The molecule has 0 bridgehead atoms. The van der Waals surface area contributed by atoms with Crippen LogP contribution in [0.25, 0.3) is 11.0 Å². The lowest BCUT2D eigenvalue weighted by atomic mass is 9.80. The molecule has 0 N–H and O–H groups in total. The van der Waals surface area contributed by atoms with Gasteiger partial charge in [0.15, 0.2) is 5.15 Å². The first-order valence-corrected chi connectivity index (χ1v) is 10.1. The van der Waals surface area contributed by atoms with Gasteiger partial charge in [-0.2, -0.15) is 0 Å². The number of rotatable bonds is 8. The smallest absolute Gasteiger partial charge is 0.151 e. The van der Waals surface area contributed by atoms with E-state index in [1.54, 1.807) is 0 Å². The van der Waals surface area contributed by atoms with Crippen molar-refractivity contribution in [1.82, 2.24) is 9.97 Å². The molecule has 1 heterocycles. The molecule has 0 amide bonds. The van der Waals surface area contributed by atoms with Crippen LogP contribution in [0.2, 0.25) is 5.15 Å². The molecule has 3 heteroatoms. The number of hydrogen-bond acceptors (Lipinski definition) is 2. The lowest BCUT2D eigenvalue weighted by Gasteiger charge is -2.26. The maximum atomic E-state index is 6.48. The second-order valence-electron chi connectivity index (χ2n) is 8.50. The zero-order valence-electron chi connectivity index (χ0n) is 16.7. The molecule has 0 aliphatic rings. The molecule has 0 aliphatic heterocycles. The van der Waals surface area contributed by atoms with Crippen molar-refractivity contribution >= 4 is 22.6 Å². The molecule has 138 valence electrons. The van der Waals surface area contributed by atoms with E-state index < -0.39 is 0 Å². The summed E-state index contributed by atoms with van der Waals surface area (Å²) in [4.78, 5) is 9.51. The summed E-state index contributed by atoms with van der Waals surface area (Å²) >= 11 is 6.48. The fraction of sp³-hybridized carbons (Fsp3) is 0.636. The predicted molar refractivity (Wildman–Crippen MR) is 110 cm³/mol. The third-order valence-corrected chi connectivity index (χ3v) is 5.85. The number of nitrogens with zero attached hydrogens (tertiary/aromatic N) is 2. The summed E-state index contributed by atoms with van der Waals surface area (Å²) in [7, 11) is 0. The summed E-state index contributed by atoms with van der Waals surface area (Å²) in [5, 5.41) is 0.539. The Bertz CT molecular complexity index is 719. The largest absolute Gasteiger partial charge is 0.247 e. The van der Waals surface area contributed by atoms with E-state index >= 15 is 0 Å². The molecule has 2 rings (SSSR count). The molecule has 0 radical (unpaired) electrons. The fourth-order valence-corrected chi connectivity index (χ4v) is 3.58. The van der Waals surface area contributed by atoms with Gasteiger partial charge in [0, 0.05) is 5.41 Å². The van der Waals surface area contributed by atoms with Crippen molar-refractivity contribution in [3.8, 4) is 0 Å². The standard InChI is InChI=1S/C22H33ClN2/c1-7-9-10-11-14-22(5,6)16-12-13-17-18(15-16)25-20(23)19(24-17)21(3,4)8-2/h12-13,15H,7-11,14H2,1-6H3. The predicted octanol–water partition coefficient (Wildman–Crippen LogP) is 7.22. The molecule has 2 nitrogen and oxygen atoms in total. The zero-order chi connectivity index (χ0) is 18.7. The van der Waals surface area contributed by atoms with Crippen molar-refractivity contribution in [2.45, 2.75) is 90.9 Å². The average molecular weight is 361 g/mol. The minimum absolute atomic E-state index is 0.0600. The lowest BCUT2D eigenvalue weighted by Crippen LogP contribution is -2.19. The molecule has 25 heavy (non-hydrogen) atoms. The Morgan fingerprint density at radius 2 is 1.60 bits per heavy atom. The van der Waals surface area contributed by atoms with Crippen LogP contribution in [-0.2, 0) is 10.8 Å². The van der Waals surface area contributed by atoms with Gasteiger partial charge in [0.2, 0.25) is 0 Å². The molecule has 0 spiro atoms. The summed E-state index contributed by atoms with van der Waals surface area (Å²) in [5.41, 5.74) is 4.15. The third-order valence-electron chi connectivity index (χ3n) is 5.58. The van der Waals surface area contributed by atoms with Gasteiger partial charge in [0.05, 0.1) is 16.7 Å². The topological polar surface area (TPSA) is 25.8 Å². The Kier molecular flexibility index (Phi) is 6.48. The number of hydrogen-bond donors (Lipinski definition) is 0. The first-order chi connectivity index (χ1) is 11.7. The molecule has 0 saturated heterocycles. The van der Waals surface area contributed by atoms with E-state index in [0.717, 1.165) is 23.1 Å². The Balaban J connectivity index is 2.32. The third kappa shape index (κ3) is 4.73. The highest BCUT2D eigenvalue weighted by Crippen LogP contribution is 2.34. The van der Waals surface area contributed by atoms with Crippen LogP contribution in [0.15, 0.2) is 18.2 Å². The van der Waals surface area contributed by atoms with Crippen LogP contribution >= 0.6 is 11.6 Å². The quantitative estimate of drug-likeness (QED) is 0.464. The van der Waals surface area contributed by atoms with Gasteiger partial charge >= 0.3 is 0 Å². The van der Waals surface area contributed by atoms with Gasteiger partial charge in [-0.1, -0.05) is 84.9 Å². The summed E-state index contributed by atoms with van der Waals surface area (Å²) in [6.45, 7) is 13.4. The van der Waals surface area contributed by atoms with Crippen molar-refractivity contribution < 1.29 is 0 Å². The second-order valence-corrected chi connectivity index (χ2v) is 8.86. The fourth-order valence-electron chi connectivity index (χ4n) is 3.19. The van der Waals surface area contributed by atoms with E-state index in [1.165, 1.54) is 37.7 Å². The SMILES string of the molecule is CCCCCCC(C)(C)c1ccc2nc(C(C)(C)CC)c(Cl)nc2c1. The highest BCUT2D eigenvalue weighted by Gasteiger charge is 2.25. The molecule has 1 aromatic heterocycles. The van der Waals surface area contributed by atoms with E-state index in [4.69, 9.17) is 16.6 Å². The average Bonchev–Trinajstić information content (AvgIpc) is 2.57. The number of benzene rings is 1. The van der Waals surface area contributed by atoms with Gasteiger partial charge in [0.25, 0.3) is 0 Å². The van der Waals surface area contributed by atoms with Crippen molar-refractivity contribution in [2.75, 3.05) is 0 Å². The number of fused-ring (bicyclic) bond motifs is 1. The summed E-state index contributed by atoms with van der Waals surface area (Å²) in [6, 6.07) is 6.50. The monoisotopic (exact) mass is 360 g/mol.